The average molecular weight is 912 g/mol. The lowest BCUT2D eigenvalue weighted by molar-refractivity contribution is -0.249. The van der Waals surface area contributed by atoms with Gasteiger partial charge in [-0.05, 0) is 106 Å². The van der Waals surface area contributed by atoms with Crippen molar-refractivity contribution in [2.24, 2.45) is 11.5 Å². The molecule has 376 valence electrons. The summed E-state index contributed by atoms with van der Waals surface area (Å²) in [6, 6.07) is -0.734. The maximum Gasteiger partial charge on any atom is 0.308 e. The summed E-state index contributed by atoms with van der Waals surface area (Å²) in [7, 11) is 1.71. The second-order valence-electron chi connectivity index (χ2n) is 15.3. The van der Waals surface area contributed by atoms with Crippen LogP contribution in [0.25, 0.3) is 0 Å². The molecule has 0 rings (SSSR count). The van der Waals surface area contributed by atoms with Crippen molar-refractivity contribution in [1.82, 2.24) is 21.3 Å². The molecule has 0 spiro atoms. The molecular weight excluding hydrogens is 817 g/mol. The lowest BCUT2D eigenvalue weighted by atomic mass is 10.1. The zero-order valence-corrected chi connectivity index (χ0v) is 41.5. The Morgan fingerprint density at radius 2 is 0.937 bits per heavy atom. The SMILES string of the molecule is CC.CC.CC(C)(C)OC(=O)CCOCCOCCOCCOCCNC(=O)C(CCCCNC(=O)CCCCN)NC(=O)CCCNC(=O)CCCCN.COC(C)(C)C.N=[NH2+]. The van der Waals surface area contributed by atoms with Gasteiger partial charge in [-0.1, -0.05) is 33.2 Å². The highest BCUT2D eigenvalue weighted by Crippen LogP contribution is 2.08. The summed E-state index contributed by atoms with van der Waals surface area (Å²) >= 11 is 0. The van der Waals surface area contributed by atoms with E-state index in [1.165, 1.54) is 0 Å². The zero-order valence-electron chi connectivity index (χ0n) is 41.5. The number of unbranched alkanes of at least 4 members (excludes halogenated alkanes) is 3. The Morgan fingerprint density at radius 1 is 0.524 bits per heavy atom. The molecule has 0 fully saturated rings. The number of rotatable bonds is 34. The molecule has 1 unspecified atom stereocenters. The van der Waals surface area contributed by atoms with Crippen LogP contribution < -0.4 is 38.3 Å². The van der Waals surface area contributed by atoms with Crippen molar-refractivity contribution in [2.45, 2.75) is 164 Å². The second-order valence-corrected chi connectivity index (χ2v) is 15.3. The number of ether oxygens (including phenoxy) is 6. The van der Waals surface area contributed by atoms with Crippen molar-refractivity contribution in [2.75, 3.05) is 92.7 Å². The molecule has 63 heavy (non-hydrogen) atoms. The number of nitrogens with one attached hydrogen (secondary N) is 5. The number of esters is 1. The Balaban J connectivity index is -0.000000832. The van der Waals surface area contributed by atoms with E-state index in [4.69, 9.17) is 45.4 Å². The van der Waals surface area contributed by atoms with Crippen molar-refractivity contribution in [3.63, 3.8) is 0 Å². The van der Waals surface area contributed by atoms with Crippen LogP contribution in [-0.4, -0.2) is 140 Å². The first-order valence-corrected chi connectivity index (χ1v) is 22.9. The van der Waals surface area contributed by atoms with Crippen LogP contribution in [0.4, 0.5) is 0 Å². The third-order valence-corrected chi connectivity index (χ3v) is 7.66. The van der Waals surface area contributed by atoms with Gasteiger partial charge in [0.15, 0.2) is 0 Å². The third kappa shape index (κ3) is 60.8. The van der Waals surface area contributed by atoms with E-state index < -0.39 is 11.6 Å². The lowest BCUT2D eigenvalue weighted by Crippen LogP contribution is -2.47. The lowest BCUT2D eigenvalue weighted by Gasteiger charge is -2.19. The van der Waals surface area contributed by atoms with Crippen molar-refractivity contribution in [1.29, 1.82) is 5.53 Å². The Hall–Kier alpha value is -3.33. The summed E-state index contributed by atoms with van der Waals surface area (Å²) in [5, 5.41) is 11.3. The maximum absolute atomic E-state index is 12.9. The molecule has 0 aromatic carbocycles. The molecule has 0 heterocycles. The predicted molar refractivity (Wildman–Crippen MR) is 248 cm³/mol. The quantitative estimate of drug-likeness (QED) is 0.0262. The summed E-state index contributed by atoms with van der Waals surface area (Å²) in [6.45, 7) is 24.5. The summed E-state index contributed by atoms with van der Waals surface area (Å²) < 4.78 is 32.0. The van der Waals surface area contributed by atoms with E-state index >= 15 is 0 Å². The Bertz CT molecular complexity index is 1060. The molecular formula is C44H95N8O11+. The minimum absolute atomic E-state index is 0.0217. The van der Waals surface area contributed by atoms with Crippen molar-refractivity contribution in [3.8, 4) is 0 Å². The fraction of sp³-hybridized carbons (Fsp3) is 0.886. The van der Waals surface area contributed by atoms with E-state index in [0.29, 0.717) is 104 Å². The maximum atomic E-state index is 12.9. The van der Waals surface area contributed by atoms with Crippen molar-refractivity contribution >= 4 is 29.6 Å². The minimum Gasteiger partial charge on any atom is -0.460 e. The molecule has 0 saturated carbocycles. The van der Waals surface area contributed by atoms with Gasteiger partial charge < -0.3 is 61.2 Å². The number of methoxy groups -OCH3 is 1. The molecule has 0 saturated heterocycles. The normalized spacial score (nSPS) is 11.0. The van der Waals surface area contributed by atoms with Crippen LogP contribution in [0.3, 0.4) is 0 Å². The van der Waals surface area contributed by atoms with E-state index in [1.807, 2.05) is 69.2 Å². The summed E-state index contributed by atoms with van der Waals surface area (Å²) in [5.74, 6) is -0.970. The van der Waals surface area contributed by atoms with Crippen LogP contribution in [0.15, 0.2) is 0 Å². The molecule has 19 nitrogen and oxygen atoms in total. The van der Waals surface area contributed by atoms with Crippen molar-refractivity contribution < 1.29 is 57.9 Å². The van der Waals surface area contributed by atoms with Gasteiger partial charge in [0.05, 0.1) is 64.9 Å². The van der Waals surface area contributed by atoms with Gasteiger partial charge in [-0.3, -0.25) is 24.0 Å². The van der Waals surface area contributed by atoms with Crippen LogP contribution in [0.5, 0.6) is 0 Å². The molecule has 0 aliphatic heterocycles. The van der Waals surface area contributed by atoms with Gasteiger partial charge in [0.2, 0.25) is 23.6 Å². The van der Waals surface area contributed by atoms with Crippen LogP contribution in [0.1, 0.15) is 146 Å². The topological polar surface area (TPSA) is 290 Å². The van der Waals surface area contributed by atoms with E-state index in [9.17, 15) is 24.0 Å². The fourth-order valence-electron chi connectivity index (χ4n) is 4.43. The highest BCUT2D eigenvalue weighted by molar-refractivity contribution is 5.87. The molecule has 11 N–H and O–H groups in total. The summed E-state index contributed by atoms with van der Waals surface area (Å²) in [6.07, 6.45) is 6.42. The fourth-order valence-corrected chi connectivity index (χ4v) is 4.43. The summed E-state index contributed by atoms with van der Waals surface area (Å²) in [4.78, 5) is 61.0. The second kappa shape index (κ2) is 51.3. The average Bonchev–Trinajstić information content (AvgIpc) is 3.24. The van der Waals surface area contributed by atoms with E-state index in [0.717, 1.165) is 25.7 Å². The van der Waals surface area contributed by atoms with Gasteiger partial charge in [-0.15, -0.1) is 0 Å². The third-order valence-electron chi connectivity index (χ3n) is 7.66. The monoisotopic (exact) mass is 912 g/mol. The first-order valence-electron chi connectivity index (χ1n) is 22.9. The highest BCUT2D eigenvalue weighted by Gasteiger charge is 2.20. The van der Waals surface area contributed by atoms with E-state index in [1.54, 1.807) is 7.11 Å². The van der Waals surface area contributed by atoms with Crippen LogP contribution in [-0.2, 0) is 52.4 Å². The molecule has 0 bridgehead atoms. The first-order chi connectivity index (χ1) is 30.0. The number of hydrogen-bond donors (Lipinski definition) is 8. The molecule has 0 aliphatic rings. The predicted octanol–water partition coefficient (Wildman–Crippen LogP) is 3.09. The standard InChI is InChI=1S/C35H68N6O10.C5H12O.2C2H6.H2N2/c1-35(2,3)51-33(45)15-21-47-23-25-49-27-28-50-26-24-48-22-20-40-34(46)29(11-6-9-18-38-30(42)12-4-7-16-36)41-32(44)14-10-19-39-31(43)13-5-8-17-37;1-5(2,3)6-4;3*1-2/h29H,4-28,36-37H2,1-3H3,(H,38,42)(H,39,43)(H,40,46)(H,41,44);1-4H3;2*1-2H3;1-2H/p+1. The number of carbonyl (C=O) groups is 5. The van der Waals surface area contributed by atoms with Crippen molar-refractivity contribution in [3.05, 3.63) is 0 Å². The number of hydrogen-bond acceptors (Lipinski definition) is 14. The molecule has 0 aromatic rings. The van der Waals surface area contributed by atoms with Gasteiger partial charge in [-0.25, -0.2) is 0 Å². The number of carbonyl (C=O) groups excluding carboxylic acids is 5. The minimum atomic E-state index is -0.734. The molecule has 0 radical (unpaired) electrons. The van der Waals surface area contributed by atoms with Crippen LogP contribution >= 0.6 is 0 Å². The largest absolute Gasteiger partial charge is 0.460 e. The molecule has 19 heteroatoms. The molecule has 1 atom stereocenters. The smallest absolute Gasteiger partial charge is 0.308 e. The number of amides is 4. The first kappa shape index (κ1) is 68.7. The molecule has 0 aliphatic carbocycles. The van der Waals surface area contributed by atoms with E-state index in [2.05, 4.69) is 26.8 Å². The Labute approximate surface area is 381 Å². The molecule has 0 aromatic heterocycles. The van der Waals surface area contributed by atoms with Gasteiger partial charge in [0, 0.05) is 46.0 Å². The molecule has 4 amide bonds. The van der Waals surface area contributed by atoms with Gasteiger partial charge >= 0.3 is 5.97 Å². The number of nitrogens with two attached hydrogens (primary N) is 3. The van der Waals surface area contributed by atoms with Gasteiger partial charge in [-0.2, -0.15) is 5.53 Å². The zero-order chi connectivity index (χ0) is 49.2. The van der Waals surface area contributed by atoms with Crippen LogP contribution in [0.2, 0.25) is 0 Å². The van der Waals surface area contributed by atoms with Gasteiger partial charge in [0.25, 0.3) is 0 Å². The van der Waals surface area contributed by atoms with Crippen LogP contribution in [0, 0.1) is 5.53 Å². The summed E-state index contributed by atoms with van der Waals surface area (Å²) in [5.41, 5.74) is 19.5. The van der Waals surface area contributed by atoms with E-state index in [-0.39, 0.29) is 67.8 Å². The Morgan fingerprint density at radius 3 is 1.37 bits per heavy atom. The highest BCUT2D eigenvalue weighted by atomic mass is 16.6. The van der Waals surface area contributed by atoms with Gasteiger partial charge in [0.1, 0.15) is 11.6 Å². The Kier molecular flexibility index (Phi) is 56.0.